The van der Waals surface area contributed by atoms with Gasteiger partial charge in [0.15, 0.2) is 0 Å². The summed E-state index contributed by atoms with van der Waals surface area (Å²) in [6.07, 6.45) is 3.50. The molecule has 0 spiro atoms. The quantitative estimate of drug-likeness (QED) is 0.725. The van der Waals surface area contributed by atoms with Gasteiger partial charge in [0.05, 0.1) is 19.3 Å². The molecule has 1 heterocycles. The van der Waals surface area contributed by atoms with Gasteiger partial charge in [0.2, 0.25) is 5.95 Å². The highest BCUT2D eigenvalue weighted by atomic mass is 16.5. The highest BCUT2D eigenvalue weighted by molar-refractivity contribution is 5.31. The van der Waals surface area contributed by atoms with Crippen molar-refractivity contribution < 1.29 is 9.47 Å². The molecule has 0 bridgehead atoms. The summed E-state index contributed by atoms with van der Waals surface area (Å²) < 4.78 is 10.3. The van der Waals surface area contributed by atoms with E-state index in [9.17, 15) is 0 Å². The molecule has 0 radical (unpaired) electrons. The van der Waals surface area contributed by atoms with E-state index in [4.69, 9.17) is 15.2 Å². The van der Waals surface area contributed by atoms with Crippen LogP contribution in [0.25, 0.3) is 0 Å². The molecule has 0 amide bonds. The monoisotopic (exact) mass is 254 g/mol. The van der Waals surface area contributed by atoms with Crippen LogP contribution in [0.3, 0.4) is 0 Å². The minimum Gasteiger partial charge on any atom is -0.383 e. The molecule has 0 saturated carbocycles. The van der Waals surface area contributed by atoms with Crippen molar-refractivity contribution in [3.63, 3.8) is 0 Å². The zero-order chi connectivity index (χ0) is 13.4. The molecule has 6 nitrogen and oxygen atoms in total. The van der Waals surface area contributed by atoms with Crippen molar-refractivity contribution in [3.8, 4) is 0 Å². The summed E-state index contributed by atoms with van der Waals surface area (Å²) in [5.41, 5.74) is 6.45. The van der Waals surface area contributed by atoms with Gasteiger partial charge in [-0.05, 0) is 6.92 Å². The number of ether oxygens (including phenoxy) is 2. The van der Waals surface area contributed by atoms with Crippen LogP contribution in [0.5, 0.6) is 0 Å². The molecule has 1 rings (SSSR count). The van der Waals surface area contributed by atoms with Gasteiger partial charge in [-0.1, -0.05) is 0 Å². The van der Waals surface area contributed by atoms with Gasteiger partial charge in [0.25, 0.3) is 0 Å². The van der Waals surface area contributed by atoms with E-state index in [0.717, 1.165) is 12.1 Å². The Bertz CT molecular complexity index is 331. The summed E-state index contributed by atoms with van der Waals surface area (Å²) in [5, 5.41) is 0. The third kappa shape index (κ3) is 4.21. The first kappa shape index (κ1) is 14.8. The van der Waals surface area contributed by atoms with Gasteiger partial charge < -0.3 is 20.1 Å². The van der Waals surface area contributed by atoms with Gasteiger partial charge in [0, 0.05) is 45.3 Å². The second-order valence-corrected chi connectivity index (χ2v) is 4.09. The summed E-state index contributed by atoms with van der Waals surface area (Å²) in [5.74, 6) is 0.675. The van der Waals surface area contributed by atoms with Crippen LogP contribution in [-0.2, 0) is 16.0 Å². The first-order chi connectivity index (χ1) is 8.72. The van der Waals surface area contributed by atoms with E-state index in [1.165, 1.54) is 0 Å². The van der Waals surface area contributed by atoms with Crippen LogP contribution < -0.4 is 10.6 Å². The molecule has 18 heavy (non-hydrogen) atoms. The van der Waals surface area contributed by atoms with Gasteiger partial charge >= 0.3 is 0 Å². The Kier molecular flexibility index (Phi) is 6.56. The molecule has 0 aliphatic carbocycles. The lowest BCUT2D eigenvalue weighted by Crippen LogP contribution is -2.39. The maximum absolute atomic E-state index is 5.53. The van der Waals surface area contributed by atoms with Crippen LogP contribution in [0.4, 0.5) is 5.95 Å². The standard InChI is InChI=1S/C12H22N4O2/c1-10(9-18-3)16(4-5-17-2)12-14-7-11(6-13)8-15-12/h7-8,10H,4-6,9,13H2,1-3H3. The maximum atomic E-state index is 5.53. The lowest BCUT2D eigenvalue weighted by molar-refractivity contribution is 0.170. The number of methoxy groups -OCH3 is 2. The predicted octanol–water partition coefficient (Wildman–Crippen LogP) is 0.423. The molecule has 1 atom stereocenters. The van der Waals surface area contributed by atoms with Crippen LogP contribution in [0, 0.1) is 0 Å². The number of nitrogens with zero attached hydrogens (tertiary/aromatic N) is 3. The van der Waals surface area contributed by atoms with Gasteiger partial charge in [-0.15, -0.1) is 0 Å². The summed E-state index contributed by atoms with van der Waals surface area (Å²) in [7, 11) is 3.36. The summed E-state index contributed by atoms with van der Waals surface area (Å²) >= 11 is 0. The number of anilines is 1. The largest absolute Gasteiger partial charge is 0.383 e. The Morgan fingerprint density at radius 2 is 1.94 bits per heavy atom. The molecule has 1 unspecified atom stereocenters. The fraction of sp³-hybridized carbons (Fsp3) is 0.667. The van der Waals surface area contributed by atoms with E-state index in [0.29, 0.717) is 25.7 Å². The topological polar surface area (TPSA) is 73.5 Å². The predicted molar refractivity (Wildman–Crippen MR) is 70.5 cm³/mol. The van der Waals surface area contributed by atoms with Crippen LogP contribution >= 0.6 is 0 Å². The third-order valence-corrected chi connectivity index (χ3v) is 2.66. The van der Waals surface area contributed by atoms with Crippen molar-refractivity contribution >= 4 is 5.95 Å². The number of hydrogen-bond donors (Lipinski definition) is 1. The fourth-order valence-corrected chi connectivity index (χ4v) is 1.64. The first-order valence-electron chi connectivity index (χ1n) is 5.98. The van der Waals surface area contributed by atoms with Gasteiger partial charge in [-0.2, -0.15) is 0 Å². The van der Waals surface area contributed by atoms with E-state index in [-0.39, 0.29) is 6.04 Å². The highest BCUT2D eigenvalue weighted by Crippen LogP contribution is 2.11. The Morgan fingerprint density at radius 3 is 2.44 bits per heavy atom. The van der Waals surface area contributed by atoms with E-state index >= 15 is 0 Å². The van der Waals surface area contributed by atoms with Crippen LogP contribution in [0.15, 0.2) is 12.4 Å². The van der Waals surface area contributed by atoms with E-state index in [2.05, 4.69) is 21.8 Å². The number of nitrogens with two attached hydrogens (primary N) is 1. The lowest BCUT2D eigenvalue weighted by atomic mass is 10.3. The third-order valence-electron chi connectivity index (χ3n) is 2.66. The summed E-state index contributed by atoms with van der Waals surface area (Å²) in [6.45, 7) is 4.48. The van der Waals surface area contributed by atoms with Gasteiger partial charge in [-0.3, -0.25) is 0 Å². The van der Waals surface area contributed by atoms with Crippen molar-refractivity contribution in [1.29, 1.82) is 0 Å². The first-order valence-corrected chi connectivity index (χ1v) is 5.98. The molecule has 0 fully saturated rings. The number of hydrogen-bond acceptors (Lipinski definition) is 6. The smallest absolute Gasteiger partial charge is 0.225 e. The van der Waals surface area contributed by atoms with Gasteiger partial charge in [0.1, 0.15) is 0 Å². The van der Waals surface area contributed by atoms with Crippen molar-refractivity contribution in [2.24, 2.45) is 5.73 Å². The Morgan fingerprint density at radius 1 is 1.28 bits per heavy atom. The molecule has 0 aromatic carbocycles. The van der Waals surface area contributed by atoms with E-state index in [1.54, 1.807) is 26.6 Å². The zero-order valence-corrected chi connectivity index (χ0v) is 11.3. The molecule has 1 aromatic heterocycles. The average Bonchev–Trinajstić information content (AvgIpc) is 2.40. The molecule has 2 N–H and O–H groups in total. The Hall–Kier alpha value is -1.24. The van der Waals surface area contributed by atoms with Crippen molar-refractivity contribution in [3.05, 3.63) is 18.0 Å². The minimum absolute atomic E-state index is 0.189. The zero-order valence-electron chi connectivity index (χ0n) is 11.3. The molecule has 0 aliphatic rings. The second-order valence-electron chi connectivity index (χ2n) is 4.09. The Labute approximate surface area is 108 Å². The summed E-state index contributed by atoms with van der Waals surface area (Å²) in [6, 6.07) is 0.189. The number of aromatic nitrogens is 2. The molecular weight excluding hydrogens is 232 g/mol. The normalized spacial score (nSPS) is 12.4. The molecule has 1 aromatic rings. The summed E-state index contributed by atoms with van der Waals surface area (Å²) in [4.78, 5) is 10.7. The van der Waals surface area contributed by atoms with Crippen LogP contribution in [-0.4, -0.2) is 50.0 Å². The van der Waals surface area contributed by atoms with E-state index in [1.807, 2.05) is 0 Å². The molecule has 0 aliphatic heterocycles. The average molecular weight is 254 g/mol. The molecule has 102 valence electrons. The lowest BCUT2D eigenvalue weighted by Gasteiger charge is -2.28. The second kappa shape index (κ2) is 7.97. The fourth-order valence-electron chi connectivity index (χ4n) is 1.64. The van der Waals surface area contributed by atoms with Crippen LogP contribution in [0.2, 0.25) is 0 Å². The van der Waals surface area contributed by atoms with Crippen molar-refractivity contribution in [2.45, 2.75) is 19.5 Å². The minimum atomic E-state index is 0.189. The molecule has 6 heteroatoms. The molecular formula is C12H22N4O2. The van der Waals surface area contributed by atoms with Crippen molar-refractivity contribution in [1.82, 2.24) is 9.97 Å². The highest BCUT2D eigenvalue weighted by Gasteiger charge is 2.16. The van der Waals surface area contributed by atoms with Crippen molar-refractivity contribution in [2.75, 3.05) is 38.9 Å². The Balaban J connectivity index is 2.79. The van der Waals surface area contributed by atoms with Gasteiger partial charge in [-0.25, -0.2) is 9.97 Å². The van der Waals surface area contributed by atoms with E-state index < -0.39 is 0 Å². The van der Waals surface area contributed by atoms with Crippen LogP contribution in [0.1, 0.15) is 12.5 Å². The maximum Gasteiger partial charge on any atom is 0.225 e. The molecule has 0 saturated heterocycles. The number of rotatable bonds is 8. The SMILES string of the molecule is COCCN(c1ncc(CN)cn1)C(C)COC.